The van der Waals surface area contributed by atoms with Crippen LogP contribution in [-0.2, 0) is 0 Å². The second-order valence-electron chi connectivity index (χ2n) is 14.1. The van der Waals surface area contributed by atoms with Gasteiger partial charge in [0.15, 0.2) is 0 Å². The average molecular weight is 661 g/mol. The molecule has 5 heterocycles. The van der Waals surface area contributed by atoms with E-state index in [-0.39, 0.29) is 0 Å². The van der Waals surface area contributed by atoms with E-state index in [1.54, 1.807) is 0 Å². The second kappa shape index (κ2) is 9.39. The van der Waals surface area contributed by atoms with Gasteiger partial charge in [-0.2, -0.15) is 0 Å². The molecular formula is C48H28N4. The normalized spacial score (nSPS) is 12.6. The Hall–Kier alpha value is -7.04. The summed E-state index contributed by atoms with van der Waals surface area (Å²) >= 11 is 0. The zero-order valence-electron chi connectivity index (χ0n) is 28.0. The Morgan fingerprint density at radius 3 is 0.904 bits per heavy atom. The maximum atomic E-state index is 2.53. The molecule has 8 aromatic carbocycles. The fourth-order valence-electron chi connectivity index (χ4n) is 9.76. The quantitative estimate of drug-likeness (QED) is 0.164. The van der Waals surface area contributed by atoms with Gasteiger partial charge in [-0.1, -0.05) is 109 Å². The van der Waals surface area contributed by atoms with Gasteiger partial charge in [0.2, 0.25) is 0 Å². The van der Waals surface area contributed by atoms with E-state index < -0.39 is 0 Å². The highest BCUT2D eigenvalue weighted by Crippen LogP contribution is 2.45. The van der Waals surface area contributed by atoms with Crippen LogP contribution in [0.1, 0.15) is 0 Å². The minimum absolute atomic E-state index is 1.20. The molecule has 0 aliphatic carbocycles. The molecule has 13 aromatic rings. The predicted octanol–water partition coefficient (Wildman–Crippen LogP) is 12.4. The van der Waals surface area contributed by atoms with Crippen LogP contribution >= 0.6 is 0 Å². The average Bonchev–Trinajstić information content (AvgIpc) is 3.93. The van der Waals surface area contributed by atoms with Gasteiger partial charge < -0.3 is 17.9 Å². The highest BCUT2D eigenvalue weighted by Gasteiger charge is 2.25. The molecule has 0 N–H and O–H groups in total. The highest BCUT2D eigenvalue weighted by molar-refractivity contribution is 6.25. The minimum Gasteiger partial charge on any atom is -0.309 e. The number of nitrogens with zero attached hydrogens (tertiary/aromatic N) is 4. The number of hydrogen-bond donors (Lipinski definition) is 0. The fourth-order valence-corrected chi connectivity index (χ4v) is 9.76. The predicted molar refractivity (Wildman–Crippen MR) is 218 cm³/mol. The second-order valence-corrected chi connectivity index (χ2v) is 14.1. The Balaban J connectivity index is 1.22. The summed E-state index contributed by atoms with van der Waals surface area (Å²) in [6.07, 6.45) is 0. The van der Waals surface area contributed by atoms with Crippen molar-refractivity contribution in [3.05, 3.63) is 170 Å². The molecule has 0 aliphatic rings. The number of rotatable bonds is 2. The van der Waals surface area contributed by atoms with Crippen LogP contribution in [0, 0.1) is 0 Å². The Kier molecular flexibility index (Phi) is 4.83. The van der Waals surface area contributed by atoms with Crippen molar-refractivity contribution in [1.82, 2.24) is 17.9 Å². The molecule has 52 heavy (non-hydrogen) atoms. The van der Waals surface area contributed by atoms with Gasteiger partial charge in [-0.15, -0.1) is 0 Å². The van der Waals surface area contributed by atoms with Crippen LogP contribution in [0.3, 0.4) is 0 Å². The van der Waals surface area contributed by atoms with E-state index >= 15 is 0 Å². The zero-order chi connectivity index (χ0) is 33.7. The summed E-state index contributed by atoms with van der Waals surface area (Å²) in [5.41, 5.74) is 14.6. The van der Waals surface area contributed by atoms with Crippen molar-refractivity contribution < 1.29 is 0 Å². The molecule has 0 radical (unpaired) electrons. The van der Waals surface area contributed by atoms with Crippen molar-refractivity contribution in [2.45, 2.75) is 0 Å². The third kappa shape index (κ3) is 3.07. The van der Waals surface area contributed by atoms with Gasteiger partial charge in [0.05, 0.1) is 66.5 Å². The molecule has 4 nitrogen and oxygen atoms in total. The molecule has 0 saturated heterocycles. The van der Waals surface area contributed by atoms with Gasteiger partial charge in [0.25, 0.3) is 0 Å². The van der Waals surface area contributed by atoms with Gasteiger partial charge in [0.1, 0.15) is 0 Å². The van der Waals surface area contributed by atoms with E-state index in [0.717, 1.165) is 0 Å². The van der Waals surface area contributed by atoms with E-state index in [9.17, 15) is 0 Å². The lowest BCUT2D eigenvalue weighted by molar-refractivity contribution is 1.19. The van der Waals surface area contributed by atoms with Crippen molar-refractivity contribution in [3.8, 4) is 11.4 Å². The fraction of sp³-hybridized carbons (Fsp3) is 0. The molecule has 0 spiro atoms. The molecule has 0 unspecified atom stereocenters. The highest BCUT2D eigenvalue weighted by atomic mass is 15.0. The zero-order valence-corrected chi connectivity index (χ0v) is 28.0. The molecule has 0 fully saturated rings. The van der Waals surface area contributed by atoms with Crippen LogP contribution in [-0.4, -0.2) is 17.9 Å². The topological polar surface area (TPSA) is 18.7 Å². The molecule has 0 amide bonds. The van der Waals surface area contributed by atoms with Crippen molar-refractivity contribution in [1.29, 1.82) is 0 Å². The number of para-hydroxylation sites is 6. The summed E-state index contributed by atoms with van der Waals surface area (Å²) in [7, 11) is 0. The van der Waals surface area contributed by atoms with Crippen LogP contribution in [0.25, 0.3) is 110 Å². The Labute approximate surface area is 296 Å². The van der Waals surface area contributed by atoms with Crippen LogP contribution in [0.4, 0.5) is 0 Å². The maximum absolute atomic E-state index is 2.53. The van der Waals surface area contributed by atoms with Crippen molar-refractivity contribution in [2.24, 2.45) is 0 Å². The first kappa shape index (κ1) is 26.8. The smallest absolute Gasteiger partial charge is 0.0784 e. The molecule has 0 aliphatic heterocycles. The molecule has 0 atom stereocenters. The van der Waals surface area contributed by atoms with Crippen LogP contribution in [0.15, 0.2) is 170 Å². The Morgan fingerprint density at radius 1 is 0.231 bits per heavy atom. The largest absolute Gasteiger partial charge is 0.309 e. The van der Waals surface area contributed by atoms with Gasteiger partial charge in [0, 0.05) is 43.1 Å². The standard InChI is InChI=1S/C48H28N4/c1-5-19-35-29(13-1)30-14-2-6-20-36(30)49(35)39-23-11-25-41-45(39)33-17-9-27-43-47(33)51(41)44-28-10-18-34-46-40(24-12-26-42(46)52(43)48(34)44)50-37-21-7-3-15-31(37)32-16-4-8-22-38(32)50/h1-28H. The molecule has 0 saturated carbocycles. The maximum Gasteiger partial charge on any atom is 0.0784 e. The van der Waals surface area contributed by atoms with Gasteiger partial charge in [-0.3, -0.25) is 0 Å². The van der Waals surface area contributed by atoms with Gasteiger partial charge >= 0.3 is 0 Å². The molecule has 240 valence electrons. The van der Waals surface area contributed by atoms with Crippen LogP contribution in [0.5, 0.6) is 0 Å². The first-order valence-corrected chi connectivity index (χ1v) is 18.0. The lowest BCUT2D eigenvalue weighted by Crippen LogP contribution is -1.97. The van der Waals surface area contributed by atoms with Crippen molar-refractivity contribution in [2.75, 3.05) is 0 Å². The summed E-state index contributed by atoms with van der Waals surface area (Å²) in [5, 5.41) is 10.1. The minimum atomic E-state index is 1.20. The first-order valence-electron chi connectivity index (χ1n) is 18.0. The number of fused-ring (bicyclic) bond motifs is 14. The van der Waals surface area contributed by atoms with Crippen molar-refractivity contribution >= 4 is 98.3 Å². The summed E-state index contributed by atoms with van der Waals surface area (Å²) in [6.45, 7) is 0. The summed E-state index contributed by atoms with van der Waals surface area (Å²) in [5.74, 6) is 0. The molecule has 5 aromatic heterocycles. The van der Waals surface area contributed by atoms with Crippen molar-refractivity contribution in [3.63, 3.8) is 0 Å². The Morgan fingerprint density at radius 2 is 0.519 bits per heavy atom. The molecular weight excluding hydrogens is 633 g/mol. The number of aromatic nitrogens is 4. The summed E-state index contributed by atoms with van der Waals surface area (Å²) in [6, 6.07) is 62.6. The lowest BCUT2D eigenvalue weighted by Gasteiger charge is -2.11. The lowest BCUT2D eigenvalue weighted by atomic mass is 10.1. The van der Waals surface area contributed by atoms with E-state index in [1.807, 2.05) is 0 Å². The molecule has 0 bridgehead atoms. The van der Waals surface area contributed by atoms with Gasteiger partial charge in [-0.05, 0) is 60.7 Å². The third-order valence-electron chi connectivity index (χ3n) is 11.7. The van der Waals surface area contributed by atoms with Crippen LogP contribution < -0.4 is 0 Å². The van der Waals surface area contributed by atoms with E-state index in [2.05, 4.69) is 188 Å². The van der Waals surface area contributed by atoms with E-state index in [4.69, 9.17) is 0 Å². The monoisotopic (exact) mass is 660 g/mol. The summed E-state index contributed by atoms with van der Waals surface area (Å²) < 4.78 is 9.99. The SMILES string of the molecule is c1ccc2c(c1)c1ccccc1n2-c1cccc2c1c1cccc3c1n2c1cccc2c4c(-n5c6ccccc6c6ccccc65)cccc4n3c21. The number of hydrogen-bond acceptors (Lipinski definition) is 0. The Bertz CT molecular complexity index is 3290. The van der Waals surface area contributed by atoms with Gasteiger partial charge in [-0.25, -0.2) is 0 Å². The summed E-state index contributed by atoms with van der Waals surface area (Å²) in [4.78, 5) is 0. The van der Waals surface area contributed by atoms with E-state index in [1.165, 1.54) is 110 Å². The van der Waals surface area contributed by atoms with Crippen LogP contribution in [0.2, 0.25) is 0 Å². The third-order valence-corrected chi connectivity index (χ3v) is 11.7. The number of benzene rings is 8. The first-order chi connectivity index (χ1) is 25.9. The molecule has 4 heteroatoms. The van der Waals surface area contributed by atoms with E-state index in [0.29, 0.717) is 0 Å². The molecule has 13 rings (SSSR count).